The van der Waals surface area contributed by atoms with Gasteiger partial charge in [-0.1, -0.05) is 0 Å². The molecule has 0 aromatic carbocycles. The van der Waals surface area contributed by atoms with Crippen LogP contribution < -0.4 is 16.0 Å². The van der Waals surface area contributed by atoms with E-state index in [-0.39, 0.29) is 0 Å². The van der Waals surface area contributed by atoms with Crippen LogP contribution in [0, 0.1) is 0 Å². The molecule has 0 spiro atoms. The normalized spacial score (nSPS) is 20.8. The standard InChI is InChI=1S/C9H15N5/c1-10-8-5-12-6-9(14-8)13-7-2-3-11-4-7/h5-7,11H,2-4H2,1H3,(H2,10,13,14). The molecule has 0 bridgehead atoms. The fourth-order valence-corrected chi connectivity index (χ4v) is 1.54. The first-order chi connectivity index (χ1) is 6.88. The van der Waals surface area contributed by atoms with Gasteiger partial charge in [0.1, 0.15) is 11.6 Å². The molecule has 0 amide bonds. The van der Waals surface area contributed by atoms with E-state index >= 15 is 0 Å². The molecule has 1 aromatic rings. The Morgan fingerprint density at radius 3 is 3.00 bits per heavy atom. The van der Waals surface area contributed by atoms with Gasteiger partial charge in [0.2, 0.25) is 0 Å². The van der Waals surface area contributed by atoms with Gasteiger partial charge in [-0.25, -0.2) is 4.98 Å². The van der Waals surface area contributed by atoms with Crippen molar-refractivity contribution >= 4 is 11.6 Å². The summed E-state index contributed by atoms with van der Waals surface area (Å²) in [6, 6.07) is 0.483. The summed E-state index contributed by atoms with van der Waals surface area (Å²) in [5, 5.41) is 9.60. The summed E-state index contributed by atoms with van der Waals surface area (Å²) in [4.78, 5) is 8.43. The van der Waals surface area contributed by atoms with Crippen LogP contribution in [-0.4, -0.2) is 36.1 Å². The van der Waals surface area contributed by atoms with Gasteiger partial charge in [0.25, 0.3) is 0 Å². The Labute approximate surface area is 83.3 Å². The van der Waals surface area contributed by atoms with Crippen molar-refractivity contribution in [2.45, 2.75) is 12.5 Å². The van der Waals surface area contributed by atoms with Crippen LogP contribution in [0.5, 0.6) is 0 Å². The van der Waals surface area contributed by atoms with Gasteiger partial charge in [-0.2, -0.15) is 0 Å². The zero-order valence-electron chi connectivity index (χ0n) is 8.25. The second-order valence-corrected chi connectivity index (χ2v) is 3.37. The molecule has 1 aliphatic heterocycles. The zero-order chi connectivity index (χ0) is 9.80. The first kappa shape index (κ1) is 9.21. The Morgan fingerprint density at radius 2 is 2.29 bits per heavy atom. The lowest BCUT2D eigenvalue weighted by Gasteiger charge is -2.11. The number of nitrogens with zero attached hydrogens (tertiary/aromatic N) is 2. The molecule has 1 fully saturated rings. The van der Waals surface area contributed by atoms with Crippen LogP contribution in [-0.2, 0) is 0 Å². The number of rotatable bonds is 3. The Bertz CT molecular complexity index is 295. The second kappa shape index (κ2) is 4.23. The maximum Gasteiger partial charge on any atom is 0.147 e. The van der Waals surface area contributed by atoms with Crippen LogP contribution in [0.4, 0.5) is 11.6 Å². The Kier molecular flexibility index (Phi) is 2.78. The van der Waals surface area contributed by atoms with Crippen LogP contribution >= 0.6 is 0 Å². The van der Waals surface area contributed by atoms with Crippen LogP contribution in [0.3, 0.4) is 0 Å². The number of aromatic nitrogens is 2. The molecule has 1 saturated heterocycles. The molecule has 14 heavy (non-hydrogen) atoms. The molecule has 2 rings (SSSR count). The van der Waals surface area contributed by atoms with Gasteiger partial charge in [-0.15, -0.1) is 0 Å². The molecule has 3 N–H and O–H groups in total. The monoisotopic (exact) mass is 193 g/mol. The molecule has 5 heteroatoms. The van der Waals surface area contributed by atoms with Crippen LogP contribution in [0.2, 0.25) is 0 Å². The summed E-state index contributed by atoms with van der Waals surface area (Å²) in [5.74, 6) is 1.63. The van der Waals surface area contributed by atoms with E-state index in [9.17, 15) is 0 Å². The van der Waals surface area contributed by atoms with Crippen LogP contribution in [0.15, 0.2) is 12.4 Å². The fourth-order valence-electron chi connectivity index (χ4n) is 1.54. The van der Waals surface area contributed by atoms with E-state index < -0.39 is 0 Å². The highest BCUT2D eigenvalue weighted by Gasteiger charge is 2.14. The molecule has 1 unspecified atom stereocenters. The first-order valence-electron chi connectivity index (χ1n) is 4.85. The van der Waals surface area contributed by atoms with Crippen molar-refractivity contribution in [2.24, 2.45) is 0 Å². The van der Waals surface area contributed by atoms with Crippen molar-refractivity contribution in [3.05, 3.63) is 12.4 Å². The van der Waals surface area contributed by atoms with E-state index in [1.165, 1.54) is 0 Å². The topological polar surface area (TPSA) is 61.9 Å². The van der Waals surface area contributed by atoms with Crippen molar-refractivity contribution in [2.75, 3.05) is 30.8 Å². The van der Waals surface area contributed by atoms with Crippen molar-refractivity contribution in [1.82, 2.24) is 15.3 Å². The summed E-state index contributed by atoms with van der Waals surface area (Å²) >= 11 is 0. The van der Waals surface area contributed by atoms with E-state index in [0.717, 1.165) is 31.1 Å². The molecule has 0 aliphatic carbocycles. The molecule has 76 valence electrons. The molecule has 0 saturated carbocycles. The minimum absolute atomic E-state index is 0.483. The molecule has 1 aromatic heterocycles. The fraction of sp³-hybridized carbons (Fsp3) is 0.556. The smallest absolute Gasteiger partial charge is 0.147 e. The minimum atomic E-state index is 0.483. The van der Waals surface area contributed by atoms with Crippen molar-refractivity contribution < 1.29 is 0 Å². The van der Waals surface area contributed by atoms with Gasteiger partial charge < -0.3 is 16.0 Å². The molecular weight excluding hydrogens is 178 g/mol. The largest absolute Gasteiger partial charge is 0.372 e. The second-order valence-electron chi connectivity index (χ2n) is 3.37. The maximum atomic E-state index is 4.34. The summed E-state index contributed by atoms with van der Waals surface area (Å²) in [5.41, 5.74) is 0. The van der Waals surface area contributed by atoms with Gasteiger partial charge in [0, 0.05) is 19.6 Å². The van der Waals surface area contributed by atoms with Gasteiger partial charge >= 0.3 is 0 Å². The third-order valence-electron chi connectivity index (χ3n) is 2.30. The number of hydrogen-bond donors (Lipinski definition) is 3. The summed E-state index contributed by atoms with van der Waals surface area (Å²) in [7, 11) is 1.84. The Hall–Kier alpha value is -1.36. The quantitative estimate of drug-likeness (QED) is 0.644. The van der Waals surface area contributed by atoms with E-state index in [1.807, 2.05) is 7.05 Å². The average Bonchev–Trinajstić information content (AvgIpc) is 2.71. The van der Waals surface area contributed by atoms with Gasteiger partial charge in [0.15, 0.2) is 0 Å². The van der Waals surface area contributed by atoms with Crippen molar-refractivity contribution in [3.8, 4) is 0 Å². The SMILES string of the molecule is CNc1cncc(NC2CCNC2)n1. The van der Waals surface area contributed by atoms with E-state index in [1.54, 1.807) is 12.4 Å². The average molecular weight is 193 g/mol. The highest BCUT2D eigenvalue weighted by molar-refractivity contribution is 5.41. The zero-order valence-corrected chi connectivity index (χ0v) is 8.25. The summed E-state index contributed by atoms with van der Waals surface area (Å²) in [6.07, 6.45) is 4.60. The van der Waals surface area contributed by atoms with Crippen LogP contribution in [0.25, 0.3) is 0 Å². The Balaban J connectivity index is 2.00. The predicted molar refractivity (Wildman–Crippen MR) is 56.5 cm³/mol. The molecule has 5 nitrogen and oxygen atoms in total. The lowest BCUT2D eigenvalue weighted by atomic mass is 10.3. The highest BCUT2D eigenvalue weighted by Crippen LogP contribution is 2.09. The van der Waals surface area contributed by atoms with Gasteiger partial charge in [-0.05, 0) is 13.0 Å². The first-order valence-corrected chi connectivity index (χ1v) is 4.85. The van der Waals surface area contributed by atoms with Crippen molar-refractivity contribution in [1.29, 1.82) is 0 Å². The molecular formula is C9H15N5. The van der Waals surface area contributed by atoms with E-state index in [2.05, 4.69) is 25.9 Å². The predicted octanol–water partition coefficient (Wildman–Crippen LogP) is 0.292. The summed E-state index contributed by atoms with van der Waals surface area (Å²) < 4.78 is 0. The molecule has 2 heterocycles. The van der Waals surface area contributed by atoms with Gasteiger partial charge in [0.05, 0.1) is 12.4 Å². The third-order valence-corrected chi connectivity index (χ3v) is 2.30. The molecule has 1 atom stereocenters. The molecule has 1 aliphatic rings. The van der Waals surface area contributed by atoms with Crippen LogP contribution in [0.1, 0.15) is 6.42 Å². The van der Waals surface area contributed by atoms with Gasteiger partial charge in [-0.3, -0.25) is 4.98 Å². The van der Waals surface area contributed by atoms with Crippen molar-refractivity contribution in [3.63, 3.8) is 0 Å². The highest BCUT2D eigenvalue weighted by atomic mass is 15.1. The maximum absolute atomic E-state index is 4.34. The molecule has 0 radical (unpaired) electrons. The lowest BCUT2D eigenvalue weighted by Crippen LogP contribution is -2.22. The van der Waals surface area contributed by atoms with E-state index in [4.69, 9.17) is 0 Å². The number of anilines is 2. The Morgan fingerprint density at radius 1 is 1.43 bits per heavy atom. The number of hydrogen-bond acceptors (Lipinski definition) is 5. The third kappa shape index (κ3) is 2.11. The lowest BCUT2D eigenvalue weighted by molar-refractivity contribution is 0.787. The minimum Gasteiger partial charge on any atom is -0.372 e. The summed E-state index contributed by atoms with van der Waals surface area (Å²) in [6.45, 7) is 2.09. The van der Waals surface area contributed by atoms with E-state index in [0.29, 0.717) is 6.04 Å². The number of nitrogens with one attached hydrogen (secondary N) is 3.